The molecule has 2 unspecified atom stereocenters. The number of aromatic nitrogens is 3. The molecule has 0 saturated carbocycles. The molecule has 0 aromatic carbocycles. The average molecular weight is 286 g/mol. The molecule has 0 spiro atoms. The van der Waals surface area contributed by atoms with Crippen molar-refractivity contribution in [2.75, 3.05) is 23.8 Å². The van der Waals surface area contributed by atoms with Gasteiger partial charge in [0.1, 0.15) is 0 Å². The summed E-state index contributed by atoms with van der Waals surface area (Å²) in [5.41, 5.74) is 0. The summed E-state index contributed by atoms with van der Waals surface area (Å²) in [5, 5.41) is 12.0. The van der Waals surface area contributed by atoms with Crippen LogP contribution in [0.1, 0.15) is 19.8 Å². The van der Waals surface area contributed by atoms with E-state index in [4.69, 9.17) is 16.7 Å². The van der Waals surface area contributed by atoms with Crippen LogP contribution in [0, 0.1) is 5.92 Å². The maximum atomic E-state index is 11.0. The normalized spacial score (nSPS) is 23.2. The molecule has 8 heteroatoms. The molecule has 2 atom stereocenters. The van der Waals surface area contributed by atoms with Gasteiger partial charge >= 0.3 is 5.97 Å². The number of hydrogen-bond donors (Lipinski definition) is 2. The van der Waals surface area contributed by atoms with Gasteiger partial charge in [-0.3, -0.25) is 4.79 Å². The molecule has 0 aliphatic carbocycles. The Hall–Kier alpha value is -1.63. The predicted octanol–water partition coefficient (Wildman–Crippen LogP) is 1.26. The smallest absolute Gasteiger partial charge is 0.306 e. The van der Waals surface area contributed by atoms with E-state index in [2.05, 4.69) is 20.3 Å². The SMILES string of the molecule is CNc1nc(Cl)nc(N2CCC(C(=O)O)CC2C)n1. The Morgan fingerprint density at radius 1 is 1.47 bits per heavy atom. The van der Waals surface area contributed by atoms with E-state index in [1.165, 1.54) is 0 Å². The van der Waals surface area contributed by atoms with E-state index in [1.54, 1.807) is 7.05 Å². The molecule has 2 heterocycles. The Labute approximate surface area is 116 Å². The third-order valence-electron chi connectivity index (χ3n) is 3.30. The van der Waals surface area contributed by atoms with Gasteiger partial charge in [0, 0.05) is 19.6 Å². The van der Waals surface area contributed by atoms with Crippen molar-refractivity contribution in [1.29, 1.82) is 0 Å². The van der Waals surface area contributed by atoms with E-state index in [1.807, 2.05) is 11.8 Å². The Morgan fingerprint density at radius 2 is 2.21 bits per heavy atom. The molecule has 2 rings (SSSR count). The number of nitrogens with zero attached hydrogens (tertiary/aromatic N) is 4. The molecule has 7 nitrogen and oxygen atoms in total. The lowest BCUT2D eigenvalue weighted by Gasteiger charge is -2.36. The number of anilines is 2. The molecule has 19 heavy (non-hydrogen) atoms. The standard InChI is InChI=1S/C11H16ClN5O2/c1-6-5-7(8(18)19)3-4-17(6)11-15-9(12)14-10(13-2)16-11/h6-7H,3-5H2,1-2H3,(H,18,19)(H,13,14,15,16). The van der Waals surface area contributed by atoms with Gasteiger partial charge in [-0.2, -0.15) is 15.0 Å². The van der Waals surface area contributed by atoms with E-state index in [0.717, 1.165) is 0 Å². The summed E-state index contributed by atoms with van der Waals surface area (Å²) in [6.45, 7) is 2.56. The van der Waals surface area contributed by atoms with Gasteiger partial charge in [-0.05, 0) is 31.4 Å². The quantitative estimate of drug-likeness (QED) is 0.863. The fraction of sp³-hybridized carbons (Fsp3) is 0.636. The monoisotopic (exact) mass is 285 g/mol. The van der Waals surface area contributed by atoms with Crippen molar-refractivity contribution in [3.05, 3.63) is 5.28 Å². The van der Waals surface area contributed by atoms with Crippen LogP contribution in [0.4, 0.5) is 11.9 Å². The molecule has 2 N–H and O–H groups in total. The third kappa shape index (κ3) is 3.04. The molecule has 1 saturated heterocycles. The van der Waals surface area contributed by atoms with Crippen molar-refractivity contribution in [3.63, 3.8) is 0 Å². The van der Waals surface area contributed by atoms with E-state index >= 15 is 0 Å². The number of rotatable bonds is 3. The zero-order chi connectivity index (χ0) is 14.0. The minimum absolute atomic E-state index is 0.0537. The highest BCUT2D eigenvalue weighted by Crippen LogP contribution is 2.26. The van der Waals surface area contributed by atoms with Gasteiger partial charge in [0.2, 0.25) is 17.2 Å². The molecule has 0 amide bonds. The molecule has 104 valence electrons. The molecular formula is C11H16ClN5O2. The van der Waals surface area contributed by atoms with Gasteiger partial charge in [0.25, 0.3) is 0 Å². The minimum Gasteiger partial charge on any atom is -0.481 e. The number of halogens is 1. The largest absolute Gasteiger partial charge is 0.481 e. The molecule has 0 radical (unpaired) electrons. The summed E-state index contributed by atoms with van der Waals surface area (Å²) in [5.74, 6) is -0.147. The van der Waals surface area contributed by atoms with Gasteiger partial charge in [-0.25, -0.2) is 0 Å². The first-order valence-electron chi connectivity index (χ1n) is 6.10. The van der Waals surface area contributed by atoms with E-state index in [9.17, 15) is 4.79 Å². The van der Waals surface area contributed by atoms with E-state index in [0.29, 0.717) is 31.3 Å². The number of carboxylic acid groups (broad SMARTS) is 1. The summed E-state index contributed by atoms with van der Waals surface area (Å²) in [6, 6.07) is 0.0537. The lowest BCUT2D eigenvalue weighted by Crippen LogP contribution is -2.43. The Bertz CT molecular complexity index is 484. The van der Waals surface area contributed by atoms with Gasteiger partial charge < -0.3 is 15.3 Å². The highest BCUT2D eigenvalue weighted by Gasteiger charge is 2.31. The van der Waals surface area contributed by atoms with Crippen LogP contribution in [0.3, 0.4) is 0 Å². The topological polar surface area (TPSA) is 91.2 Å². The summed E-state index contributed by atoms with van der Waals surface area (Å²) >= 11 is 5.85. The van der Waals surface area contributed by atoms with Crippen LogP contribution >= 0.6 is 11.6 Å². The minimum atomic E-state index is -0.740. The summed E-state index contributed by atoms with van der Waals surface area (Å²) < 4.78 is 0. The van der Waals surface area contributed by atoms with Crippen LogP contribution in [0.2, 0.25) is 5.28 Å². The molecule has 0 bridgehead atoms. The number of aliphatic carboxylic acids is 1. The predicted molar refractivity (Wildman–Crippen MR) is 71.6 cm³/mol. The fourth-order valence-electron chi connectivity index (χ4n) is 2.27. The Balaban J connectivity index is 2.19. The van der Waals surface area contributed by atoms with Gasteiger partial charge in [-0.1, -0.05) is 0 Å². The van der Waals surface area contributed by atoms with Crippen LogP contribution in [0.25, 0.3) is 0 Å². The third-order valence-corrected chi connectivity index (χ3v) is 3.47. The maximum Gasteiger partial charge on any atom is 0.306 e. The lowest BCUT2D eigenvalue weighted by molar-refractivity contribution is -0.142. The van der Waals surface area contributed by atoms with E-state index in [-0.39, 0.29) is 17.2 Å². The van der Waals surface area contributed by atoms with Gasteiger partial charge in [-0.15, -0.1) is 0 Å². The number of carbonyl (C=O) groups is 1. The Morgan fingerprint density at radius 3 is 2.79 bits per heavy atom. The summed E-state index contributed by atoms with van der Waals surface area (Å²) in [4.78, 5) is 25.3. The van der Waals surface area contributed by atoms with Crippen molar-refractivity contribution in [2.45, 2.75) is 25.8 Å². The summed E-state index contributed by atoms with van der Waals surface area (Å²) in [6.07, 6.45) is 1.16. The van der Waals surface area contributed by atoms with Gasteiger partial charge in [0.05, 0.1) is 5.92 Å². The van der Waals surface area contributed by atoms with Crippen LogP contribution in [0.15, 0.2) is 0 Å². The van der Waals surface area contributed by atoms with Crippen LogP contribution in [-0.4, -0.2) is 45.7 Å². The first-order valence-corrected chi connectivity index (χ1v) is 6.48. The molecular weight excluding hydrogens is 270 g/mol. The summed E-state index contributed by atoms with van der Waals surface area (Å²) in [7, 11) is 1.70. The molecule has 1 aromatic rings. The van der Waals surface area contributed by atoms with Crippen molar-refractivity contribution in [2.24, 2.45) is 5.92 Å². The Kier molecular flexibility index (Phi) is 4.04. The van der Waals surface area contributed by atoms with Crippen LogP contribution < -0.4 is 10.2 Å². The van der Waals surface area contributed by atoms with Crippen molar-refractivity contribution >= 4 is 29.5 Å². The zero-order valence-electron chi connectivity index (χ0n) is 10.8. The first-order chi connectivity index (χ1) is 9.01. The number of nitrogens with one attached hydrogen (secondary N) is 1. The lowest BCUT2D eigenvalue weighted by atomic mass is 9.92. The van der Waals surface area contributed by atoms with Crippen LogP contribution in [-0.2, 0) is 4.79 Å². The second kappa shape index (κ2) is 5.56. The second-order valence-electron chi connectivity index (χ2n) is 4.58. The van der Waals surface area contributed by atoms with Crippen molar-refractivity contribution < 1.29 is 9.90 Å². The van der Waals surface area contributed by atoms with Crippen molar-refractivity contribution in [3.8, 4) is 0 Å². The average Bonchev–Trinajstić information content (AvgIpc) is 2.37. The number of carboxylic acids is 1. The molecule has 1 aromatic heterocycles. The maximum absolute atomic E-state index is 11.0. The highest BCUT2D eigenvalue weighted by atomic mass is 35.5. The molecule has 1 aliphatic heterocycles. The molecule has 1 fully saturated rings. The number of piperidine rings is 1. The fourth-order valence-corrected chi connectivity index (χ4v) is 2.43. The van der Waals surface area contributed by atoms with Gasteiger partial charge in [0.15, 0.2) is 0 Å². The zero-order valence-corrected chi connectivity index (χ0v) is 11.6. The van der Waals surface area contributed by atoms with Crippen LogP contribution in [0.5, 0.6) is 0 Å². The highest BCUT2D eigenvalue weighted by molar-refractivity contribution is 6.28. The number of hydrogen-bond acceptors (Lipinski definition) is 6. The molecule has 1 aliphatic rings. The second-order valence-corrected chi connectivity index (χ2v) is 4.92. The first kappa shape index (κ1) is 13.8. The van der Waals surface area contributed by atoms with E-state index < -0.39 is 5.97 Å². The van der Waals surface area contributed by atoms with Crippen molar-refractivity contribution in [1.82, 2.24) is 15.0 Å².